The van der Waals surface area contributed by atoms with Crippen molar-refractivity contribution < 1.29 is 9.59 Å². The molecule has 3 heterocycles. The highest BCUT2D eigenvalue weighted by Gasteiger charge is 2.30. The van der Waals surface area contributed by atoms with Crippen LogP contribution in [0.4, 0.5) is 0 Å². The molecule has 0 saturated carbocycles. The zero-order valence-electron chi connectivity index (χ0n) is 17.6. The van der Waals surface area contributed by atoms with Crippen LogP contribution in [0, 0.1) is 12.8 Å². The largest absolute Gasteiger partial charge is 0.355 e. The van der Waals surface area contributed by atoms with Crippen LogP contribution in [-0.2, 0) is 35.4 Å². The highest BCUT2D eigenvalue weighted by molar-refractivity contribution is 5.83. The van der Waals surface area contributed by atoms with Crippen LogP contribution < -0.4 is 5.32 Å². The van der Waals surface area contributed by atoms with E-state index >= 15 is 0 Å². The number of pyridine rings is 1. The number of hydrogen-bond donors (Lipinski definition) is 1. The van der Waals surface area contributed by atoms with Crippen LogP contribution in [0.3, 0.4) is 0 Å². The summed E-state index contributed by atoms with van der Waals surface area (Å²) in [7, 11) is 0. The first kappa shape index (κ1) is 20.4. The minimum Gasteiger partial charge on any atom is -0.355 e. The number of hydrogen-bond acceptors (Lipinski definition) is 5. The Bertz CT molecular complexity index is 915. The SMILES string of the molecule is Cc1nc(CCNC(=O)[C@@H]2CCC(=O)N(Cc3ccccn3)C2)nc2c1CCCC2. The molecule has 7 heteroatoms. The van der Waals surface area contributed by atoms with E-state index in [1.165, 1.54) is 24.1 Å². The summed E-state index contributed by atoms with van der Waals surface area (Å²) in [4.78, 5) is 40.4. The van der Waals surface area contributed by atoms with Gasteiger partial charge in [-0.05, 0) is 56.7 Å². The van der Waals surface area contributed by atoms with E-state index < -0.39 is 0 Å². The zero-order valence-corrected chi connectivity index (χ0v) is 17.6. The quantitative estimate of drug-likeness (QED) is 0.793. The summed E-state index contributed by atoms with van der Waals surface area (Å²) in [6.45, 7) is 3.46. The summed E-state index contributed by atoms with van der Waals surface area (Å²) < 4.78 is 0. The fraction of sp³-hybridized carbons (Fsp3) is 0.522. The summed E-state index contributed by atoms with van der Waals surface area (Å²) >= 11 is 0. The van der Waals surface area contributed by atoms with Gasteiger partial charge in [-0.2, -0.15) is 0 Å². The highest BCUT2D eigenvalue weighted by Crippen LogP contribution is 2.22. The molecule has 0 radical (unpaired) electrons. The summed E-state index contributed by atoms with van der Waals surface area (Å²) in [6, 6.07) is 5.66. The number of nitrogens with zero attached hydrogens (tertiary/aromatic N) is 4. The van der Waals surface area contributed by atoms with Crippen LogP contribution in [0.25, 0.3) is 0 Å². The normalized spacial score (nSPS) is 18.8. The van der Waals surface area contributed by atoms with Gasteiger partial charge < -0.3 is 10.2 Å². The van der Waals surface area contributed by atoms with E-state index in [1.54, 1.807) is 11.1 Å². The van der Waals surface area contributed by atoms with Crippen molar-refractivity contribution in [3.05, 3.63) is 52.9 Å². The summed E-state index contributed by atoms with van der Waals surface area (Å²) in [6.07, 6.45) is 7.86. The van der Waals surface area contributed by atoms with Crippen LogP contribution in [-0.4, -0.2) is 44.8 Å². The number of fused-ring (bicyclic) bond motifs is 1. The molecule has 4 rings (SSSR count). The molecule has 1 saturated heterocycles. The second-order valence-electron chi connectivity index (χ2n) is 8.23. The van der Waals surface area contributed by atoms with Gasteiger partial charge in [0.25, 0.3) is 0 Å². The van der Waals surface area contributed by atoms with Gasteiger partial charge in [0.2, 0.25) is 11.8 Å². The average molecular weight is 408 g/mol. The smallest absolute Gasteiger partial charge is 0.224 e. The third kappa shape index (κ3) is 4.83. The Balaban J connectivity index is 1.29. The molecule has 0 spiro atoms. The van der Waals surface area contributed by atoms with E-state index in [0.717, 1.165) is 30.1 Å². The summed E-state index contributed by atoms with van der Waals surface area (Å²) in [5, 5.41) is 3.03. The van der Waals surface area contributed by atoms with Crippen LogP contribution in [0.2, 0.25) is 0 Å². The van der Waals surface area contributed by atoms with E-state index in [2.05, 4.69) is 22.2 Å². The molecule has 0 unspecified atom stereocenters. The zero-order chi connectivity index (χ0) is 20.9. The van der Waals surface area contributed by atoms with Gasteiger partial charge in [-0.1, -0.05) is 6.07 Å². The molecule has 1 aliphatic carbocycles. The second-order valence-corrected chi connectivity index (χ2v) is 8.23. The molecule has 1 N–H and O–H groups in total. The van der Waals surface area contributed by atoms with Gasteiger partial charge in [0.05, 0.1) is 18.2 Å². The molecular weight excluding hydrogens is 378 g/mol. The van der Waals surface area contributed by atoms with Crippen molar-refractivity contribution >= 4 is 11.8 Å². The third-order valence-electron chi connectivity index (χ3n) is 6.03. The minimum atomic E-state index is -0.183. The maximum absolute atomic E-state index is 12.7. The van der Waals surface area contributed by atoms with E-state index in [1.807, 2.05) is 18.2 Å². The maximum Gasteiger partial charge on any atom is 0.224 e. The Labute approximate surface area is 177 Å². The first-order valence-electron chi connectivity index (χ1n) is 10.9. The molecule has 7 nitrogen and oxygen atoms in total. The number of carbonyl (C=O) groups is 2. The molecule has 1 atom stereocenters. The van der Waals surface area contributed by atoms with Crippen molar-refractivity contribution in [2.24, 2.45) is 5.92 Å². The van der Waals surface area contributed by atoms with Crippen molar-refractivity contribution in [3.8, 4) is 0 Å². The lowest BCUT2D eigenvalue weighted by Crippen LogP contribution is -2.45. The molecular formula is C23H29N5O2. The Morgan fingerprint density at radius 2 is 2.07 bits per heavy atom. The predicted molar refractivity (Wildman–Crippen MR) is 113 cm³/mol. The fourth-order valence-corrected chi connectivity index (χ4v) is 4.37. The molecule has 0 aromatic carbocycles. The second kappa shape index (κ2) is 9.32. The van der Waals surface area contributed by atoms with Crippen LogP contribution in [0.1, 0.15) is 54.2 Å². The van der Waals surface area contributed by atoms with Crippen molar-refractivity contribution in [1.82, 2.24) is 25.2 Å². The van der Waals surface area contributed by atoms with Gasteiger partial charge in [-0.3, -0.25) is 14.6 Å². The number of aromatic nitrogens is 3. The number of rotatable bonds is 6. The lowest BCUT2D eigenvalue weighted by atomic mass is 9.95. The Kier molecular flexibility index (Phi) is 6.35. The Morgan fingerprint density at radius 1 is 1.20 bits per heavy atom. The monoisotopic (exact) mass is 407 g/mol. The van der Waals surface area contributed by atoms with Crippen molar-refractivity contribution in [3.63, 3.8) is 0 Å². The van der Waals surface area contributed by atoms with Crippen molar-refractivity contribution in [2.75, 3.05) is 13.1 Å². The number of piperidine rings is 1. The van der Waals surface area contributed by atoms with Gasteiger partial charge in [0.1, 0.15) is 5.82 Å². The lowest BCUT2D eigenvalue weighted by molar-refractivity contribution is -0.138. The van der Waals surface area contributed by atoms with Gasteiger partial charge in [0, 0.05) is 43.5 Å². The van der Waals surface area contributed by atoms with Crippen LogP contribution >= 0.6 is 0 Å². The molecule has 30 heavy (non-hydrogen) atoms. The van der Waals surface area contributed by atoms with Crippen molar-refractivity contribution in [2.45, 2.75) is 58.4 Å². The van der Waals surface area contributed by atoms with Crippen molar-refractivity contribution in [1.29, 1.82) is 0 Å². The number of amides is 2. The van der Waals surface area contributed by atoms with Gasteiger partial charge in [0.15, 0.2) is 0 Å². The number of carbonyl (C=O) groups excluding carboxylic acids is 2. The molecule has 2 aromatic rings. The molecule has 2 aromatic heterocycles. The maximum atomic E-state index is 12.7. The number of aryl methyl sites for hydroxylation is 2. The Hall–Kier alpha value is -2.83. The molecule has 0 bridgehead atoms. The summed E-state index contributed by atoms with van der Waals surface area (Å²) in [5.74, 6) is 0.715. The molecule has 1 aliphatic heterocycles. The topological polar surface area (TPSA) is 88.1 Å². The molecule has 2 amide bonds. The van der Waals surface area contributed by atoms with Gasteiger partial charge in [-0.15, -0.1) is 0 Å². The fourth-order valence-electron chi connectivity index (χ4n) is 4.37. The third-order valence-corrected chi connectivity index (χ3v) is 6.03. The molecule has 158 valence electrons. The van der Waals surface area contributed by atoms with E-state index in [0.29, 0.717) is 38.9 Å². The van der Waals surface area contributed by atoms with Crippen LogP contribution in [0.15, 0.2) is 24.4 Å². The van der Waals surface area contributed by atoms with Crippen LogP contribution in [0.5, 0.6) is 0 Å². The number of nitrogens with one attached hydrogen (secondary N) is 1. The van der Waals surface area contributed by atoms with Gasteiger partial charge >= 0.3 is 0 Å². The Morgan fingerprint density at radius 3 is 2.90 bits per heavy atom. The number of likely N-dealkylation sites (tertiary alicyclic amines) is 1. The molecule has 1 fully saturated rings. The first-order valence-corrected chi connectivity index (χ1v) is 10.9. The minimum absolute atomic E-state index is 0.00297. The lowest BCUT2D eigenvalue weighted by Gasteiger charge is -2.31. The predicted octanol–water partition coefficient (Wildman–Crippen LogP) is 2.16. The van der Waals surface area contributed by atoms with E-state index in [-0.39, 0.29) is 17.7 Å². The highest BCUT2D eigenvalue weighted by atomic mass is 16.2. The van der Waals surface area contributed by atoms with E-state index in [4.69, 9.17) is 4.98 Å². The first-order chi connectivity index (χ1) is 14.6. The summed E-state index contributed by atoms with van der Waals surface area (Å²) in [5.41, 5.74) is 4.42. The molecule has 2 aliphatic rings. The average Bonchev–Trinajstić information content (AvgIpc) is 2.76. The standard InChI is InChI=1S/C23H29N5O2/c1-16-19-7-2-3-8-20(19)27-21(26-16)11-13-25-23(30)17-9-10-22(29)28(14-17)15-18-6-4-5-12-24-18/h4-6,12,17H,2-3,7-11,13-15H2,1H3,(H,25,30)/t17-/m1/s1. The van der Waals surface area contributed by atoms with Gasteiger partial charge in [-0.25, -0.2) is 9.97 Å². The van der Waals surface area contributed by atoms with E-state index in [9.17, 15) is 9.59 Å².